The number of nitrogens with one attached hydrogen (secondary N) is 1. The number of carbonyl (C=O) groups excluding carboxylic acids is 1. The zero-order valence-corrected chi connectivity index (χ0v) is 14.4. The van der Waals surface area contributed by atoms with Crippen molar-refractivity contribution < 1.29 is 13.9 Å². The van der Waals surface area contributed by atoms with Crippen LogP contribution in [0.25, 0.3) is 0 Å². The number of benzene rings is 1. The third-order valence-electron chi connectivity index (χ3n) is 4.06. The SMILES string of the molecule is CC(C)NC(=O)c1ccnc(N2CCOC(c3ccc(F)cc3)C2)c1. The number of hydrogen-bond acceptors (Lipinski definition) is 4. The molecule has 0 saturated carbocycles. The summed E-state index contributed by atoms with van der Waals surface area (Å²) in [5.41, 5.74) is 1.52. The van der Waals surface area contributed by atoms with Crippen molar-refractivity contribution in [3.05, 3.63) is 59.5 Å². The lowest BCUT2D eigenvalue weighted by Gasteiger charge is -2.34. The highest BCUT2D eigenvalue weighted by Gasteiger charge is 2.23. The molecule has 1 saturated heterocycles. The molecule has 0 aliphatic carbocycles. The number of ether oxygens (including phenoxy) is 1. The minimum absolute atomic E-state index is 0.0790. The van der Waals surface area contributed by atoms with E-state index in [1.165, 1.54) is 12.1 Å². The van der Waals surface area contributed by atoms with Crippen molar-refractivity contribution in [2.45, 2.75) is 26.0 Å². The smallest absolute Gasteiger partial charge is 0.251 e. The van der Waals surface area contributed by atoms with E-state index in [1.807, 2.05) is 13.8 Å². The predicted octanol–water partition coefficient (Wildman–Crippen LogP) is 2.94. The van der Waals surface area contributed by atoms with E-state index in [0.29, 0.717) is 25.3 Å². The van der Waals surface area contributed by atoms with Gasteiger partial charge in [0.15, 0.2) is 0 Å². The van der Waals surface area contributed by atoms with Crippen LogP contribution >= 0.6 is 0 Å². The molecule has 0 bridgehead atoms. The molecular formula is C19H22FN3O2. The van der Waals surface area contributed by atoms with Crippen LogP contribution in [0.2, 0.25) is 0 Å². The van der Waals surface area contributed by atoms with E-state index in [2.05, 4.69) is 15.2 Å². The molecule has 1 fully saturated rings. The molecule has 3 rings (SSSR count). The number of anilines is 1. The molecule has 132 valence electrons. The van der Waals surface area contributed by atoms with Gasteiger partial charge in [0.1, 0.15) is 17.7 Å². The van der Waals surface area contributed by atoms with Gasteiger partial charge in [0, 0.05) is 30.9 Å². The van der Waals surface area contributed by atoms with Crippen LogP contribution in [0.5, 0.6) is 0 Å². The van der Waals surface area contributed by atoms with Crippen molar-refractivity contribution in [1.82, 2.24) is 10.3 Å². The van der Waals surface area contributed by atoms with Crippen LogP contribution in [0.15, 0.2) is 42.6 Å². The molecule has 1 N–H and O–H groups in total. The maximum atomic E-state index is 13.1. The summed E-state index contributed by atoms with van der Waals surface area (Å²) >= 11 is 0. The van der Waals surface area contributed by atoms with Gasteiger partial charge in [-0.15, -0.1) is 0 Å². The number of halogens is 1. The van der Waals surface area contributed by atoms with E-state index >= 15 is 0 Å². The third-order valence-corrected chi connectivity index (χ3v) is 4.06. The summed E-state index contributed by atoms with van der Waals surface area (Å²) in [4.78, 5) is 18.7. The monoisotopic (exact) mass is 343 g/mol. The van der Waals surface area contributed by atoms with Gasteiger partial charge >= 0.3 is 0 Å². The second-order valence-corrected chi connectivity index (χ2v) is 6.39. The highest BCUT2D eigenvalue weighted by Crippen LogP contribution is 2.25. The van der Waals surface area contributed by atoms with E-state index in [1.54, 1.807) is 30.5 Å². The second kappa shape index (κ2) is 7.61. The van der Waals surface area contributed by atoms with Crippen LogP contribution in [0.1, 0.15) is 35.9 Å². The first kappa shape index (κ1) is 17.4. The summed E-state index contributed by atoms with van der Waals surface area (Å²) in [6.45, 7) is 5.70. The van der Waals surface area contributed by atoms with E-state index in [4.69, 9.17) is 4.74 Å². The topological polar surface area (TPSA) is 54.5 Å². The first-order chi connectivity index (χ1) is 12.0. The van der Waals surface area contributed by atoms with Gasteiger partial charge in [-0.1, -0.05) is 12.1 Å². The van der Waals surface area contributed by atoms with Crippen molar-refractivity contribution >= 4 is 11.7 Å². The molecule has 1 aromatic carbocycles. The maximum absolute atomic E-state index is 13.1. The summed E-state index contributed by atoms with van der Waals surface area (Å²) in [6, 6.07) is 9.94. The predicted molar refractivity (Wildman–Crippen MR) is 94.1 cm³/mol. The molecule has 1 amide bonds. The Morgan fingerprint density at radius 2 is 2.08 bits per heavy atom. The van der Waals surface area contributed by atoms with Crippen LogP contribution in [-0.4, -0.2) is 36.6 Å². The summed E-state index contributed by atoms with van der Waals surface area (Å²) in [7, 11) is 0. The lowest BCUT2D eigenvalue weighted by Crippen LogP contribution is -2.39. The van der Waals surface area contributed by atoms with Gasteiger partial charge in [-0.2, -0.15) is 0 Å². The summed E-state index contributed by atoms with van der Waals surface area (Å²) in [6.07, 6.45) is 1.50. The fourth-order valence-corrected chi connectivity index (χ4v) is 2.81. The highest BCUT2D eigenvalue weighted by atomic mass is 19.1. The number of nitrogens with zero attached hydrogens (tertiary/aromatic N) is 2. The Bertz CT molecular complexity index is 734. The van der Waals surface area contributed by atoms with Gasteiger partial charge in [0.2, 0.25) is 0 Å². The number of rotatable bonds is 4. The minimum Gasteiger partial charge on any atom is -0.370 e. The van der Waals surface area contributed by atoms with Crippen LogP contribution < -0.4 is 10.2 Å². The molecule has 1 aromatic heterocycles. The molecule has 25 heavy (non-hydrogen) atoms. The van der Waals surface area contributed by atoms with Gasteiger partial charge in [-0.25, -0.2) is 9.37 Å². The molecule has 2 aromatic rings. The average molecular weight is 343 g/mol. The number of amides is 1. The summed E-state index contributed by atoms with van der Waals surface area (Å²) in [5.74, 6) is 0.371. The van der Waals surface area contributed by atoms with Gasteiger partial charge in [0.25, 0.3) is 5.91 Å². The Balaban J connectivity index is 1.75. The van der Waals surface area contributed by atoms with Gasteiger partial charge in [-0.3, -0.25) is 4.79 Å². The largest absolute Gasteiger partial charge is 0.370 e. The molecular weight excluding hydrogens is 321 g/mol. The maximum Gasteiger partial charge on any atom is 0.251 e. The second-order valence-electron chi connectivity index (χ2n) is 6.39. The Kier molecular flexibility index (Phi) is 5.28. The molecule has 5 nitrogen and oxygen atoms in total. The fraction of sp³-hybridized carbons (Fsp3) is 0.368. The number of carbonyl (C=O) groups is 1. The number of morpholine rings is 1. The lowest BCUT2D eigenvalue weighted by molar-refractivity contribution is 0.0395. The number of pyridine rings is 1. The third kappa shape index (κ3) is 4.33. The quantitative estimate of drug-likeness (QED) is 0.927. The Hall–Kier alpha value is -2.47. The van der Waals surface area contributed by atoms with Gasteiger partial charge in [-0.05, 0) is 43.7 Å². The van der Waals surface area contributed by atoms with Crippen LogP contribution in [0.3, 0.4) is 0 Å². The average Bonchev–Trinajstić information content (AvgIpc) is 2.62. The molecule has 1 atom stereocenters. The van der Waals surface area contributed by atoms with Crippen molar-refractivity contribution in [2.24, 2.45) is 0 Å². The fourth-order valence-electron chi connectivity index (χ4n) is 2.81. The minimum atomic E-state index is -0.262. The van der Waals surface area contributed by atoms with Crippen LogP contribution in [0, 0.1) is 5.82 Å². The normalized spacial score (nSPS) is 17.6. The van der Waals surface area contributed by atoms with E-state index in [0.717, 1.165) is 11.4 Å². The molecule has 0 radical (unpaired) electrons. The van der Waals surface area contributed by atoms with Crippen molar-refractivity contribution in [3.8, 4) is 0 Å². The van der Waals surface area contributed by atoms with E-state index < -0.39 is 0 Å². The zero-order valence-electron chi connectivity index (χ0n) is 14.4. The van der Waals surface area contributed by atoms with Gasteiger partial charge in [0.05, 0.1) is 6.61 Å². The number of aromatic nitrogens is 1. The molecule has 1 aliphatic rings. The number of hydrogen-bond donors (Lipinski definition) is 1. The van der Waals surface area contributed by atoms with Crippen LogP contribution in [0.4, 0.5) is 10.2 Å². The van der Waals surface area contributed by atoms with E-state index in [-0.39, 0.29) is 23.9 Å². The standard InChI is InChI=1S/C19H22FN3O2/c1-13(2)22-19(24)15-7-8-21-18(11-15)23-9-10-25-17(12-23)14-3-5-16(20)6-4-14/h3-8,11,13,17H,9-10,12H2,1-2H3,(H,22,24). The molecule has 1 aliphatic heterocycles. The van der Waals surface area contributed by atoms with Crippen molar-refractivity contribution in [3.63, 3.8) is 0 Å². The van der Waals surface area contributed by atoms with Crippen molar-refractivity contribution in [1.29, 1.82) is 0 Å². The first-order valence-corrected chi connectivity index (χ1v) is 8.42. The first-order valence-electron chi connectivity index (χ1n) is 8.42. The van der Waals surface area contributed by atoms with E-state index in [9.17, 15) is 9.18 Å². The molecule has 2 heterocycles. The molecule has 6 heteroatoms. The molecule has 1 unspecified atom stereocenters. The van der Waals surface area contributed by atoms with Crippen molar-refractivity contribution in [2.75, 3.05) is 24.6 Å². The highest BCUT2D eigenvalue weighted by molar-refractivity contribution is 5.94. The lowest BCUT2D eigenvalue weighted by atomic mass is 10.1. The Morgan fingerprint density at radius 1 is 1.32 bits per heavy atom. The van der Waals surface area contributed by atoms with Gasteiger partial charge < -0.3 is 15.0 Å². The Morgan fingerprint density at radius 3 is 2.80 bits per heavy atom. The molecule has 0 spiro atoms. The summed E-state index contributed by atoms with van der Waals surface area (Å²) < 4.78 is 18.9. The Labute approximate surface area is 146 Å². The van der Waals surface area contributed by atoms with Crippen LogP contribution in [-0.2, 0) is 4.74 Å². The summed E-state index contributed by atoms with van der Waals surface area (Å²) in [5, 5.41) is 2.88. The zero-order chi connectivity index (χ0) is 17.8.